The molecule has 9 nitrogen and oxygen atoms in total. The number of hydrogen-bond acceptors (Lipinski definition) is 8. The number of rotatable bonds is 6. The summed E-state index contributed by atoms with van der Waals surface area (Å²) in [4.78, 5) is 18.0. The lowest BCUT2D eigenvalue weighted by molar-refractivity contribution is 0.414. The van der Waals surface area contributed by atoms with Gasteiger partial charge in [0.05, 0.1) is 29.5 Å². The van der Waals surface area contributed by atoms with Crippen LogP contribution in [0.3, 0.4) is 0 Å². The predicted molar refractivity (Wildman–Crippen MR) is 137 cm³/mol. The Morgan fingerprint density at radius 3 is 2.67 bits per heavy atom. The normalized spacial score (nSPS) is 11.4. The summed E-state index contributed by atoms with van der Waals surface area (Å²) in [5, 5.41) is 14.1. The van der Waals surface area contributed by atoms with Gasteiger partial charge in [-0.3, -0.25) is 9.20 Å². The highest BCUT2D eigenvalue weighted by Crippen LogP contribution is 2.27. The fourth-order valence-electron chi connectivity index (χ4n) is 4.01. The number of thioether (sulfide) groups is 1. The minimum Gasteiger partial charge on any atom is -0.497 e. The Bertz CT molecular complexity index is 1770. The van der Waals surface area contributed by atoms with Crippen LogP contribution in [0.5, 0.6) is 5.75 Å². The van der Waals surface area contributed by atoms with Crippen LogP contribution in [0.15, 0.2) is 87.3 Å². The summed E-state index contributed by atoms with van der Waals surface area (Å²) in [7, 11) is 1.59. The van der Waals surface area contributed by atoms with Crippen LogP contribution in [0.4, 0.5) is 0 Å². The molecule has 6 aromatic rings. The summed E-state index contributed by atoms with van der Waals surface area (Å²) >= 11 is 1.42. The number of ether oxygens (including phenoxy) is 1. The van der Waals surface area contributed by atoms with Crippen molar-refractivity contribution in [3.63, 3.8) is 0 Å². The zero-order chi connectivity index (χ0) is 24.6. The van der Waals surface area contributed by atoms with Crippen molar-refractivity contribution in [2.75, 3.05) is 7.11 Å². The Morgan fingerprint density at radius 1 is 1.00 bits per heavy atom. The van der Waals surface area contributed by atoms with E-state index >= 15 is 0 Å². The van der Waals surface area contributed by atoms with Gasteiger partial charge >= 0.3 is 0 Å². The van der Waals surface area contributed by atoms with Gasteiger partial charge in [-0.2, -0.15) is 4.98 Å². The molecule has 0 amide bonds. The molecule has 0 aliphatic carbocycles. The SMILES string of the molecule is COc1cccc(-n2c(=O)c3ccccc3n3c(SCc4noc(-c5ccc(C)cc5)n4)nnc23)c1. The number of fused-ring (bicyclic) bond motifs is 3. The first-order chi connectivity index (χ1) is 17.6. The third-order valence-electron chi connectivity index (χ3n) is 5.80. The Balaban J connectivity index is 1.41. The third-order valence-corrected chi connectivity index (χ3v) is 6.73. The molecule has 36 heavy (non-hydrogen) atoms. The minimum atomic E-state index is -0.184. The Hall–Kier alpha value is -4.44. The van der Waals surface area contributed by atoms with Crippen molar-refractivity contribution >= 4 is 28.4 Å². The van der Waals surface area contributed by atoms with Gasteiger partial charge in [0, 0.05) is 11.6 Å². The fraction of sp³-hybridized carbons (Fsp3) is 0.115. The van der Waals surface area contributed by atoms with Crippen molar-refractivity contribution in [2.45, 2.75) is 17.8 Å². The van der Waals surface area contributed by atoms with E-state index in [1.54, 1.807) is 23.8 Å². The van der Waals surface area contributed by atoms with E-state index in [-0.39, 0.29) is 5.56 Å². The maximum absolute atomic E-state index is 13.5. The number of methoxy groups -OCH3 is 1. The van der Waals surface area contributed by atoms with Gasteiger partial charge in [0.1, 0.15) is 5.75 Å². The molecule has 6 rings (SSSR count). The lowest BCUT2D eigenvalue weighted by atomic mass is 10.1. The number of hydrogen-bond donors (Lipinski definition) is 0. The van der Waals surface area contributed by atoms with Gasteiger partial charge in [0.2, 0.25) is 5.78 Å². The number of nitrogens with zero attached hydrogens (tertiary/aromatic N) is 6. The van der Waals surface area contributed by atoms with Gasteiger partial charge in [0.25, 0.3) is 11.4 Å². The third kappa shape index (κ3) is 3.81. The van der Waals surface area contributed by atoms with Gasteiger partial charge in [0.15, 0.2) is 11.0 Å². The van der Waals surface area contributed by atoms with Crippen molar-refractivity contribution in [3.8, 4) is 22.9 Å². The first-order valence-corrected chi connectivity index (χ1v) is 12.2. The van der Waals surface area contributed by atoms with Crippen LogP contribution in [-0.2, 0) is 5.75 Å². The molecule has 0 saturated heterocycles. The van der Waals surface area contributed by atoms with E-state index in [9.17, 15) is 4.79 Å². The van der Waals surface area contributed by atoms with Crippen molar-refractivity contribution in [2.24, 2.45) is 0 Å². The van der Waals surface area contributed by atoms with E-state index < -0.39 is 0 Å². The van der Waals surface area contributed by atoms with Crippen LogP contribution >= 0.6 is 11.8 Å². The Kier molecular flexibility index (Phi) is 5.49. The molecule has 10 heteroatoms. The second kappa shape index (κ2) is 8.97. The zero-order valence-electron chi connectivity index (χ0n) is 19.5. The van der Waals surface area contributed by atoms with Crippen LogP contribution in [0.25, 0.3) is 33.8 Å². The molecule has 0 spiro atoms. The molecular weight excluding hydrogens is 476 g/mol. The second-order valence-corrected chi connectivity index (χ2v) is 9.09. The summed E-state index contributed by atoms with van der Waals surface area (Å²) in [6.07, 6.45) is 0. The van der Waals surface area contributed by atoms with Gasteiger partial charge in [-0.1, -0.05) is 52.8 Å². The monoisotopic (exact) mass is 496 g/mol. The van der Waals surface area contributed by atoms with Gasteiger partial charge in [-0.15, -0.1) is 10.2 Å². The summed E-state index contributed by atoms with van der Waals surface area (Å²) in [5.41, 5.74) is 3.20. The van der Waals surface area contributed by atoms with Gasteiger partial charge in [-0.05, 0) is 43.3 Å². The molecule has 0 unspecified atom stereocenters. The maximum atomic E-state index is 13.5. The lowest BCUT2D eigenvalue weighted by Crippen LogP contribution is -2.21. The van der Waals surface area contributed by atoms with Crippen molar-refractivity contribution in [1.29, 1.82) is 0 Å². The van der Waals surface area contributed by atoms with E-state index in [0.29, 0.717) is 45.2 Å². The molecule has 0 N–H and O–H groups in total. The lowest BCUT2D eigenvalue weighted by Gasteiger charge is -2.12. The summed E-state index contributed by atoms with van der Waals surface area (Å²) < 4.78 is 14.2. The first-order valence-electron chi connectivity index (χ1n) is 11.2. The van der Waals surface area contributed by atoms with Crippen LogP contribution < -0.4 is 10.3 Å². The summed E-state index contributed by atoms with van der Waals surface area (Å²) in [6, 6.07) is 22.6. The van der Waals surface area contributed by atoms with E-state index in [2.05, 4.69) is 20.3 Å². The van der Waals surface area contributed by atoms with E-state index in [1.165, 1.54) is 11.8 Å². The number of aryl methyl sites for hydroxylation is 1. The van der Waals surface area contributed by atoms with Gasteiger partial charge in [-0.25, -0.2) is 4.57 Å². The Morgan fingerprint density at radius 2 is 1.83 bits per heavy atom. The van der Waals surface area contributed by atoms with Crippen molar-refractivity contribution < 1.29 is 9.26 Å². The molecular formula is C26H20N6O3S. The molecule has 0 bridgehead atoms. The summed E-state index contributed by atoms with van der Waals surface area (Å²) in [6.45, 7) is 2.03. The van der Waals surface area contributed by atoms with E-state index in [4.69, 9.17) is 9.26 Å². The Labute approximate surface area is 209 Å². The maximum Gasteiger partial charge on any atom is 0.267 e. The van der Waals surface area contributed by atoms with E-state index in [0.717, 1.165) is 16.6 Å². The molecule has 3 heterocycles. The quantitative estimate of drug-likeness (QED) is 0.306. The summed E-state index contributed by atoms with van der Waals surface area (Å²) in [5.74, 6) is 2.47. The molecule has 0 saturated carbocycles. The number of benzene rings is 3. The molecule has 0 radical (unpaired) electrons. The van der Waals surface area contributed by atoms with Crippen LogP contribution in [-0.4, -0.2) is 36.4 Å². The largest absolute Gasteiger partial charge is 0.497 e. The average Bonchev–Trinajstić information content (AvgIpc) is 3.56. The van der Waals surface area contributed by atoms with Gasteiger partial charge < -0.3 is 9.26 Å². The highest BCUT2D eigenvalue weighted by Gasteiger charge is 2.19. The molecule has 3 aromatic heterocycles. The van der Waals surface area contributed by atoms with E-state index in [1.807, 2.05) is 72.0 Å². The number of para-hydroxylation sites is 1. The highest BCUT2D eigenvalue weighted by molar-refractivity contribution is 7.98. The molecule has 0 fully saturated rings. The second-order valence-electron chi connectivity index (χ2n) is 8.15. The van der Waals surface area contributed by atoms with Crippen molar-refractivity contribution in [1.82, 2.24) is 29.3 Å². The molecule has 0 aliphatic heterocycles. The zero-order valence-corrected chi connectivity index (χ0v) is 20.3. The predicted octanol–water partition coefficient (Wildman–Crippen LogP) is 4.69. The molecule has 178 valence electrons. The number of aromatic nitrogens is 6. The minimum absolute atomic E-state index is 0.184. The van der Waals surface area contributed by atoms with Crippen molar-refractivity contribution in [3.05, 3.63) is 94.5 Å². The fourth-order valence-corrected chi connectivity index (χ4v) is 4.79. The van der Waals surface area contributed by atoms with Crippen LogP contribution in [0.2, 0.25) is 0 Å². The van der Waals surface area contributed by atoms with Crippen LogP contribution in [0, 0.1) is 6.92 Å². The smallest absolute Gasteiger partial charge is 0.267 e. The topological polar surface area (TPSA) is 100 Å². The molecule has 0 atom stereocenters. The molecule has 3 aromatic carbocycles. The standard InChI is InChI=1S/C26H20N6O3S/c1-16-10-12-17(13-11-16)23-27-22(30-35-23)15-36-26-29-28-25-31(18-6-5-7-19(14-18)34-2)24(33)20-8-3-4-9-21(20)32(25)26/h3-14H,15H2,1-2H3. The van der Waals surface area contributed by atoms with Crippen LogP contribution in [0.1, 0.15) is 11.4 Å². The molecule has 0 aliphatic rings. The average molecular weight is 497 g/mol. The highest BCUT2D eigenvalue weighted by atomic mass is 32.2. The first kappa shape index (κ1) is 22.1.